The minimum atomic E-state index is -0.398. The second-order valence-electron chi connectivity index (χ2n) is 6.00. The number of nitrogens with zero attached hydrogens (tertiary/aromatic N) is 1. The van der Waals surface area contributed by atoms with Crippen molar-refractivity contribution in [3.05, 3.63) is 0 Å². The number of piperidine rings is 1. The highest BCUT2D eigenvalue weighted by molar-refractivity contribution is 4.78. The molecule has 2 aliphatic rings. The molecule has 0 aromatic rings. The molecule has 0 amide bonds. The van der Waals surface area contributed by atoms with Crippen molar-refractivity contribution in [2.45, 2.75) is 45.4 Å². The molecule has 0 radical (unpaired) electrons. The van der Waals surface area contributed by atoms with Crippen LogP contribution in [0.1, 0.15) is 33.6 Å². The zero-order valence-corrected chi connectivity index (χ0v) is 12.1. The van der Waals surface area contributed by atoms with Crippen LogP contribution in [0.25, 0.3) is 0 Å². The van der Waals surface area contributed by atoms with Gasteiger partial charge in [-0.3, -0.25) is 0 Å². The van der Waals surface area contributed by atoms with Gasteiger partial charge in [-0.1, -0.05) is 6.92 Å². The molecule has 0 unspecified atom stereocenters. The summed E-state index contributed by atoms with van der Waals surface area (Å²) in [6.45, 7) is 12.5. The van der Waals surface area contributed by atoms with Crippen molar-refractivity contribution in [3.63, 3.8) is 0 Å². The second-order valence-corrected chi connectivity index (χ2v) is 6.00. The highest BCUT2D eigenvalue weighted by atomic mass is 16.7. The monoisotopic (exact) mass is 256 g/mol. The fraction of sp³-hybridized carbons (Fsp3) is 1.00. The highest BCUT2D eigenvalue weighted by Crippen LogP contribution is 2.19. The van der Waals surface area contributed by atoms with E-state index in [0.29, 0.717) is 6.04 Å². The van der Waals surface area contributed by atoms with E-state index in [0.717, 1.165) is 25.7 Å². The molecule has 0 aliphatic carbocycles. The lowest BCUT2D eigenvalue weighted by molar-refractivity contribution is -0.253. The van der Waals surface area contributed by atoms with Gasteiger partial charge in [0.25, 0.3) is 0 Å². The number of likely N-dealkylation sites (tertiary alicyclic amines) is 1. The number of nitrogens with one attached hydrogen (secondary N) is 1. The molecule has 0 aromatic carbocycles. The SMILES string of the molecule is CCN1CCC(CNC2COC(C)(C)OC2)CC1. The van der Waals surface area contributed by atoms with Crippen LogP contribution in [-0.2, 0) is 9.47 Å². The van der Waals surface area contributed by atoms with E-state index in [-0.39, 0.29) is 0 Å². The van der Waals surface area contributed by atoms with Gasteiger partial charge >= 0.3 is 0 Å². The molecule has 0 bridgehead atoms. The fourth-order valence-corrected chi connectivity index (χ4v) is 2.65. The van der Waals surface area contributed by atoms with Crippen LogP contribution in [0, 0.1) is 5.92 Å². The third-order valence-electron chi connectivity index (χ3n) is 4.11. The molecule has 2 saturated heterocycles. The molecule has 106 valence electrons. The summed E-state index contributed by atoms with van der Waals surface area (Å²) in [6.07, 6.45) is 2.64. The maximum Gasteiger partial charge on any atom is 0.162 e. The van der Waals surface area contributed by atoms with Crippen LogP contribution in [0.2, 0.25) is 0 Å². The van der Waals surface area contributed by atoms with Crippen LogP contribution in [0.5, 0.6) is 0 Å². The highest BCUT2D eigenvalue weighted by Gasteiger charge is 2.28. The van der Waals surface area contributed by atoms with Crippen LogP contribution < -0.4 is 5.32 Å². The lowest BCUT2D eigenvalue weighted by Gasteiger charge is -2.37. The first-order valence-electron chi connectivity index (χ1n) is 7.32. The van der Waals surface area contributed by atoms with Gasteiger partial charge in [0.05, 0.1) is 19.3 Å². The molecule has 0 spiro atoms. The third kappa shape index (κ3) is 4.19. The van der Waals surface area contributed by atoms with Crippen molar-refractivity contribution in [2.24, 2.45) is 5.92 Å². The van der Waals surface area contributed by atoms with E-state index in [4.69, 9.17) is 9.47 Å². The summed E-state index contributed by atoms with van der Waals surface area (Å²) >= 11 is 0. The molecular weight excluding hydrogens is 228 g/mol. The third-order valence-corrected chi connectivity index (χ3v) is 4.11. The molecule has 18 heavy (non-hydrogen) atoms. The van der Waals surface area contributed by atoms with Gasteiger partial charge in [-0.05, 0) is 58.8 Å². The lowest BCUT2D eigenvalue weighted by atomic mass is 9.96. The average Bonchev–Trinajstić information content (AvgIpc) is 2.38. The maximum absolute atomic E-state index is 5.66. The Morgan fingerprint density at radius 1 is 1.17 bits per heavy atom. The van der Waals surface area contributed by atoms with Gasteiger partial charge in [0, 0.05) is 0 Å². The van der Waals surface area contributed by atoms with Crippen LogP contribution in [0.4, 0.5) is 0 Å². The number of ether oxygens (including phenoxy) is 2. The Balaban J connectivity index is 1.61. The molecule has 0 saturated carbocycles. The first kappa shape index (κ1) is 14.3. The molecule has 1 N–H and O–H groups in total. The summed E-state index contributed by atoms with van der Waals surface area (Å²) in [5, 5.41) is 3.59. The quantitative estimate of drug-likeness (QED) is 0.825. The Bertz CT molecular complexity index is 240. The normalized spacial score (nSPS) is 27.5. The summed E-state index contributed by atoms with van der Waals surface area (Å²) in [5.41, 5.74) is 0. The first-order valence-corrected chi connectivity index (χ1v) is 7.32. The minimum absolute atomic E-state index is 0.363. The topological polar surface area (TPSA) is 33.7 Å². The van der Waals surface area contributed by atoms with Crippen LogP contribution in [0.3, 0.4) is 0 Å². The van der Waals surface area contributed by atoms with Crippen molar-refractivity contribution in [1.29, 1.82) is 0 Å². The van der Waals surface area contributed by atoms with Gasteiger partial charge in [0.2, 0.25) is 0 Å². The summed E-state index contributed by atoms with van der Waals surface area (Å²) in [4.78, 5) is 2.53. The van der Waals surface area contributed by atoms with Crippen LogP contribution >= 0.6 is 0 Å². The Morgan fingerprint density at radius 3 is 2.33 bits per heavy atom. The number of rotatable bonds is 4. The summed E-state index contributed by atoms with van der Waals surface area (Å²) in [5.74, 6) is 0.424. The van der Waals surface area contributed by atoms with Gasteiger partial charge < -0.3 is 19.7 Å². The number of hydrogen-bond donors (Lipinski definition) is 1. The Labute approximate surface area is 111 Å². The van der Waals surface area contributed by atoms with Crippen LogP contribution in [0.15, 0.2) is 0 Å². The fourth-order valence-electron chi connectivity index (χ4n) is 2.65. The predicted octanol–water partition coefficient (Wildman–Crippen LogP) is 1.46. The van der Waals surface area contributed by atoms with E-state index < -0.39 is 5.79 Å². The average molecular weight is 256 g/mol. The molecule has 0 aromatic heterocycles. The van der Waals surface area contributed by atoms with Gasteiger partial charge in [0.1, 0.15) is 0 Å². The summed E-state index contributed by atoms with van der Waals surface area (Å²) < 4.78 is 11.3. The zero-order valence-electron chi connectivity index (χ0n) is 12.1. The Morgan fingerprint density at radius 2 is 1.78 bits per heavy atom. The standard InChI is InChI=1S/C14H28N2O2/c1-4-16-7-5-12(6-8-16)9-15-13-10-17-14(2,3)18-11-13/h12-13,15H,4-11H2,1-3H3. The Hall–Kier alpha value is -0.160. The van der Waals surface area contributed by atoms with Gasteiger partial charge in [-0.25, -0.2) is 0 Å². The lowest BCUT2D eigenvalue weighted by Crippen LogP contribution is -2.50. The zero-order chi connectivity index (χ0) is 13.0. The molecule has 2 heterocycles. The Kier molecular flexibility index (Phi) is 5.01. The van der Waals surface area contributed by atoms with Crippen molar-refractivity contribution in [3.8, 4) is 0 Å². The van der Waals surface area contributed by atoms with E-state index >= 15 is 0 Å². The predicted molar refractivity (Wildman–Crippen MR) is 72.6 cm³/mol. The molecule has 2 fully saturated rings. The van der Waals surface area contributed by atoms with Crippen molar-refractivity contribution in [2.75, 3.05) is 39.4 Å². The van der Waals surface area contributed by atoms with E-state index in [1.807, 2.05) is 13.8 Å². The molecule has 2 rings (SSSR count). The smallest absolute Gasteiger partial charge is 0.162 e. The summed E-state index contributed by atoms with van der Waals surface area (Å²) in [7, 11) is 0. The van der Waals surface area contributed by atoms with Crippen LogP contribution in [-0.4, -0.2) is 56.1 Å². The molecule has 4 heteroatoms. The minimum Gasteiger partial charge on any atom is -0.349 e. The largest absolute Gasteiger partial charge is 0.349 e. The molecular formula is C14H28N2O2. The van der Waals surface area contributed by atoms with E-state index in [9.17, 15) is 0 Å². The van der Waals surface area contributed by atoms with Gasteiger partial charge in [-0.2, -0.15) is 0 Å². The van der Waals surface area contributed by atoms with Crippen molar-refractivity contribution in [1.82, 2.24) is 10.2 Å². The van der Waals surface area contributed by atoms with Crippen molar-refractivity contribution < 1.29 is 9.47 Å². The summed E-state index contributed by atoms with van der Waals surface area (Å²) in [6, 6.07) is 0.363. The second kappa shape index (κ2) is 6.33. The van der Waals surface area contributed by atoms with E-state index in [1.165, 1.54) is 32.5 Å². The van der Waals surface area contributed by atoms with E-state index in [2.05, 4.69) is 17.1 Å². The molecule has 2 aliphatic heterocycles. The van der Waals surface area contributed by atoms with E-state index in [1.54, 1.807) is 0 Å². The number of hydrogen-bond acceptors (Lipinski definition) is 4. The first-order chi connectivity index (χ1) is 8.59. The van der Waals surface area contributed by atoms with Gasteiger partial charge in [-0.15, -0.1) is 0 Å². The maximum atomic E-state index is 5.66. The molecule has 0 atom stereocenters. The van der Waals surface area contributed by atoms with Crippen molar-refractivity contribution >= 4 is 0 Å². The van der Waals surface area contributed by atoms with Gasteiger partial charge in [0.15, 0.2) is 5.79 Å². The molecule has 4 nitrogen and oxygen atoms in total.